The molecule has 1 atom stereocenters. The molecule has 1 rings (SSSR count). The van der Waals surface area contributed by atoms with E-state index in [1.807, 2.05) is 0 Å². The van der Waals surface area contributed by atoms with Crippen molar-refractivity contribution in [3.8, 4) is 0 Å². The van der Waals surface area contributed by atoms with Crippen LogP contribution in [0.1, 0.15) is 38.4 Å². The lowest BCUT2D eigenvalue weighted by Gasteiger charge is -2.18. The molecule has 3 nitrogen and oxygen atoms in total. The number of nitrogens with one attached hydrogen (secondary N) is 1. The van der Waals surface area contributed by atoms with Crippen molar-refractivity contribution < 1.29 is 9.13 Å². The second-order valence-corrected chi connectivity index (χ2v) is 3.95. The summed E-state index contributed by atoms with van der Waals surface area (Å²) in [7, 11) is 0. The molecule has 0 spiro atoms. The Morgan fingerprint density at radius 2 is 2.24 bits per heavy atom. The Labute approximate surface area is 102 Å². The van der Waals surface area contributed by atoms with E-state index in [0.717, 1.165) is 19.4 Å². The summed E-state index contributed by atoms with van der Waals surface area (Å²) in [4.78, 5) is 4.09. The van der Waals surface area contributed by atoms with Crippen molar-refractivity contribution in [2.45, 2.75) is 32.7 Å². The molecule has 1 unspecified atom stereocenters. The molecule has 0 saturated heterocycles. The second kappa shape index (κ2) is 8.14. The average molecular weight is 240 g/mol. The fourth-order valence-electron chi connectivity index (χ4n) is 1.55. The van der Waals surface area contributed by atoms with Gasteiger partial charge in [0.1, 0.15) is 5.82 Å². The summed E-state index contributed by atoms with van der Waals surface area (Å²) >= 11 is 0. The summed E-state index contributed by atoms with van der Waals surface area (Å²) in [6, 6.07) is 2.87. The first-order valence-electron chi connectivity index (χ1n) is 6.21. The van der Waals surface area contributed by atoms with Crippen molar-refractivity contribution in [1.82, 2.24) is 10.3 Å². The van der Waals surface area contributed by atoms with Gasteiger partial charge in [0.2, 0.25) is 0 Å². The number of aromatic nitrogens is 1. The molecule has 0 aliphatic carbocycles. The zero-order valence-electron chi connectivity index (χ0n) is 10.6. The minimum atomic E-state index is -0.277. The molecule has 0 radical (unpaired) electrons. The first-order valence-corrected chi connectivity index (χ1v) is 6.21. The van der Waals surface area contributed by atoms with Crippen molar-refractivity contribution in [1.29, 1.82) is 0 Å². The van der Waals surface area contributed by atoms with E-state index in [4.69, 9.17) is 4.74 Å². The second-order valence-electron chi connectivity index (χ2n) is 3.95. The predicted molar refractivity (Wildman–Crippen MR) is 66.3 cm³/mol. The maximum Gasteiger partial charge on any atom is 0.146 e. The van der Waals surface area contributed by atoms with Crippen molar-refractivity contribution >= 4 is 0 Å². The third-order valence-electron chi connectivity index (χ3n) is 2.39. The van der Waals surface area contributed by atoms with Gasteiger partial charge in [-0.1, -0.05) is 13.8 Å². The Balaban J connectivity index is 2.64. The Kier molecular flexibility index (Phi) is 6.74. The zero-order valence-corrected chi connectivity index (χ0v) is 10.6. The van der Waals surface area contributed by atoms with Gasteiger partial charge >= 0.3 is 0 Å². The van der Waals surface area contributed by atoms with Crippen LogP contribution >= 0.6 is 0 Å². The van der Waals surface area contributed by atoms with E-state index < -0.39 is 0 Å². The number of rotatable bonds is 8. The van der Waals surface area contributed by atoms with Gasteiger partial charge in [-0.15, -0.1) is 0 Å². The summed E-state index contributed by atoms with van der Waals surface area (Å²) in [5.74, 6) is -0.277. The van der Waals surface area contributed by atoms with Gasteiger partial charge in [0.05, 0.1) is 18.3 Å². The van der Waals surface area contributed by atoms with Crippen molar-refractivity contribution in [3.05, 3.63) is 29.8 Å². The number of hydrogen-bond donors (Lipinski definition) is 1. The van der Waals surface area contributed by atoms with Gasteiger partial charge < -0.3 is 10.1 Å². The van der Waals surface area contributed by atoms with E-state index in [1.165, 1.54) is 6.07 Å². The zero-order chi connectivity index (χ0) is 12.5. The Morgan fingerprint density at radius 1 is 1.41 bits per heavy atom. The highest BCUT2D eigenvalue weighted by Gasteiger charge is 2.16. The highest BCUT2D eigenvalue weighted by atomic mass is 19.1. The smallest absolute Gasteiger partial charge is 0.146 e. The topological polar surface area (TPSA) is 34.1 Å². The maximum absolute atomic E-state index is 13.6. The number of pyridine rings is 1. The molecule has 0 bridgehead atoms. The van der Waals surface area contributed by atoms with E-state index in [0.29, 0.717) is 18.9 Å². The molecule has 1 aromatic heterocycles. The van der Waals surface area contributed by atoms with Crippen LogP contribution in [0.15, 0.2) is 18.3 Å². The van der Waals surface area contributed by atoms with Crippen molar-refractivity contribution in [2.75, 3.05) is 19.8 Å². The Bertz CT molecular complexity index is 320. The molecule has 0 amide bonds. The van der Waals surface area contributed by atoms with Crippen LogP contribution in [0.25, 0.3) is 0 Å². The summed E-state index contributed by atoms with van der Waals surface area (Å²) < 4.78 is 19.1. The quantitative estimate of drug-likeness (QED) is 0.709. The maximum atomic E-state index is 13.6. The van der Waals surface area contributed by atoms with Crippen molar-refractivity contribution in [3.63, 3.8) is 0 Å². The monoisotopic (exact) mass is 240 g/mol. The molecule has 0 aliphatic heterocycles. The molecule has 0 fully saturated rings. The van der Waals surface area contributed by atoms with Crippen LogP contribution in [0.3, 0.4) is 0 Å². The van der Waals surface area contributed by atoms with Gasteiger partial charge in [0.25, 0.3) is 0 Å². The standard InChI is InChI=1S/C13H21FN2O/c1-3-7-15-12(10-17-9-4-2)13-11(14)6-5-8-16-13/h5-6,8,12,15H,3-4,7,9-10H2,1-2H3. The molecule has 1 aromatic rings. The molecule has 4 heteroatoms. The van der Waals surface area contributed by atoms with E-state index in [-0.39, 0.29) is 11.9 Å². The van der Waals surface area contributed by atoms with Crippen LogP contribution in [-0.2, 0) is 4.74 Å². The fourth-order valence-corrected chi connectivity index (χ4v) is 1.55. The lowest BCUT2D eigenvalue weighted by atomic mass is 10.2. The molecule has 1 N–H and O–H groups in total. The van der Waals surface area contributed by atoms with Gasteiger partial charge in [-0.05, 0) is 31.5 Å². The van der Waals surface area contributed by atoms with Crippen LogP contribution in [0.5, 0.6) is 0 Å². The normalized spacial score (nSPS) is 12.6. The van der Waals surface area contributed by atoms with E-state index >= 15 is 0 Å². The third-order valence-corrected chi connectivity index (χ3v) is 2.39. The molecule has 17 heavy (non-hydrogen) atoms. The highest BCUT2D eigenvalue weighted by molar-refractivity contribution is 5.11. The van der Waals surface area contributed by atoms with Gasteiger partial charge in [0, 0.05) is 12.8 Å². The summed E-state index contributed by atoms with van der Waals surface area (Å²) in [6.45, 7) is 6.11. The first-order chi connectivity index (χ1) is 8.29. The Morgan fingerprint density at radius 3 is 2.88 bits per heavy atom. The molecule has 1 heterocycles. The fraction of sp³-hybridized carbons (Fsp3) is 0.615. The molecular formula is C13H21FN2O. The van der Waals surface area contributed by atoms with Crippen LogP contribution in [0, 0.1) is 5.82 Å². The average Bonchev–Trinajstić information content (AvgIpc) is 2.35. The minimum Gasteiger partial charge on any atom is -0.379 e. The van der Waals surface area contributed by atoms with Gasteiger partial charge in [-0.25, -0.2) is 4.39 Å². The SMILES string of the molecule is CCCNC(COCCC)c1ncccc1F. The van der Waals surface area contributed by atoms with Crippen LogP contribution < -0.4 is 5.32 Å². The van der Waals surface area contributed by atoms with Crippen LogP contribution in [-0.4, -0.2) is 24.7 Å². The largest absolute Gasteiger partial charge is 0.379 e. The molecular weight excluding hydrogens is 219 g/mol. The van der Waals surface area contributed by atoms with E-state index in [9.17, 15) is 4.39 Å². The molecule has 0 aromatic carbocycles. The van der Waals surface area contributed by atoms with Gasteiger partial charge in [-0.2, -0.15) is 0 Å². The summed E-state index contributed by atoms with van der Waals surface area (Å²) in [5.41, 5.74) is 0.442. The van der Waals surface area contributed by atoms with Crippen LogP contribution in [0.2, 0.25) is 0 Å². The van der Waals surface area contributed by atoms with Gasteiger partial charge in [-0.3, -0.25) is 4.98 Å². The minimum absolute atomic E-state index is 0.164. The Hall–Kier alpha value is -1.00. The predicted octanol–water partition coefficient (Wildman–Crippen LogP) is 2.69. The lowest BCUT2D eigenvalue weighted by Crippen LogP contribution is -2.28. The first kappa shape index (κ1) is 14.1. The highest BCUT2D eigenvalue weighted by Crippen LogP contribution is 2.14. The molecule has 96 valence electrons. The van der Waals surface area contributed by atoms with Crippen molar-refractivity contribution in [2.24, 2.45) is 0 Å². The number of hydrogen-bond acceptors (Lipinski definition) is 3. The van der Waals surface area contributed by atoms with E-state index in [2.05, 4.69) is 24.1 Å². The number of ether oxygens (including phenoxy) is 1. The van der Waals surface area contributed by atoms with Gasteiger partial charge in [0.15, 0.2) is 0 Å². The van der Waals surface area contributed by atoms with E-state index in [1.54, 1.807) is 12.3 Å². The molecule has 0 saturated carbocycles. The van der Waals surface area contributed by atoms with Crippen LogP contribution in [0.4, 0.5) is 4.39 Å². The lowest BCUT2D eigenvalue weighted by molar-refractivity contribution is 0.109. The number of nitrogens with zero attached hydrogens (tertiary/aromatic N) is 1. The summed E-state index contributed by atoms with van der Waals surface area (Å²) in [5, 5.41) is 3.26. The number of halogens is 1. The summed E-state index contributed by atoms with van der Waals surface area (Å²) in [6.07, 6.45) is 3.57. The molecule has 0 aliphatic rings. The third kappa shape index (κ3) is 4.79.